The van der Waals surface area contributed by atoms with E-state index in [4.69, 9.17) is 11.6 Å². The second kappa shape index (κ2) is 8.36. The van der Waals surface area contributed by atoms with Gasteiger partial charge in [0.15, 0.2) is 5.78 Å². The maximum atomic E-state index is 15.3. The van der Waals surface area contributed by atoms with Crippen molar-refractivity contribution in [3.63, 3.8) is 0 Å². The molecule has 1 atom stereocenters. The lowest BCUT2D eigenvalue weighted by molar-refractivity contribution is -0.120. The van der Waals surface area contributed by atoms with Gasteiger partial charge in [-0.2, -0.15) is 0 Å². The molecule has 1 aliphatic carbocycles. The minimum absolute atomic E-state index is 0.0942. The fourth-order valence-electron chi connectivity index (χ4n) is 4.75. The Labute approximate surface area is 193 Å². The van der Waals surface area contributed by atoms with Gasteiger partial charge >= 0.3 is 0 Å². The molecule has 32 heavy (non-hydrogen) atoms. The standard InChI is InChI=1S/C26H28ClFN2O2/c1-15(2)12-22(32)30-20-11-6-5-10-18(20)29-19-13-26(3,4)14-21(31)24(19)25(30)23-16(27)8-7-9-17(23)28/h5-11,15,25,29H,12-14H2,1-4H3. The highest BCUT2D eigenvalue weighted by Crippen LogP contribution is 2.50. The van der Waals surface area contributed by atoms with Gasteiger partial charge in [-0.3, -0.25) is 14.5 Å². The molecule has 4 nitrogen and oxygen atoms in total. The first-order valence-corrected chi connectivity index (χ1v) is 11.3. The quantitative estimate of drug-likeness (QED) is 0.563. The van der Waals surface area contributed by atoms with Crippen molar-refractivity contribution in [3.8, 4) is 0 Å². The molecule has 2 aromatic rings. The smallest absolute Gasteiger partial charge is 0.228 e. The molecule has 0 saturated heterocycles. The third-order valence-electron chi connectivity index (χ3n) is 6.03. The van der Waals surface area contributed by atoms with Crippen molar-refractivity contribution in [3.05, 3.63) is 70.1 Å². The molecule has 0 aromatic heterocycles. The third kappa shape index (κ3) is 4.06. The van der Waals surface area contributed by atoms with Crippen LogP contribution in [0.4, 0.5) is 15.8 Å². The zero-order valence-corrected chi connectivity index (χ0v) is 19.6. The SMILES string of the molecule is CC(C)CC(=O)N1c2ccccc2NC2=C(C(=O)CC(C)(C)C2)C1c1c(F)cccc1Cl. The minimum Gasteiger partial charge on any atom is -0.357 e. The molecule has 1 unspecified atom stereocenters. The molecule has 6 heteroatoms. The topological polar surface area (TPSA) is 49.4 Å². The van der Waals surface area contributed by atoms with Crippen LogP contribution in [-0.4, -0.2) is 11.7 Å². The van der Waals surface area contributed by atoms with E-state index < -0.39 is 11.9 Å². The predicted molar refractivity (Wildman–Crippen MR) is 126 cm³/mol. The summed E-state index contributed by atoms with van der Waals surface area (Å²) in [6.07, 6.45) is 1.19. The Morgan fingerprint density at radius 3 is 2.59 bits per heavy atom. The Bertz CT molecular complexity index is 1100. The third-order valence-corrected chi connectivity index (χ3v) is 6.36. The summed E-state index contributed by atoms with van der Waals surface area (Å²) in [5.41, 5.74) is 2.39. The maximum absolute atomic E-state index is 15.3. The van der Waals surface area contributed by atoms with Crippen molar-refractivity contribution < 1.29 is 14.0 Å². The van der Waals surface area contributed by atoms with Crippen LogP contribution in [-0.2, 0) is 9.59 Å². The Hall–Kier alpha value is -2.66. The van der Waals surface area contributed by atoms with Gasteiger partial charge in [0, 0.05) is 34.7 Å². The number of fused-ring (bicyclic) bond motifs is 1. The Balaban J connectivity index is 2.05. The molecule has 1 aliphatic heterocycles. The molecule has 1 N–H and O–H groups in total. The molecule has 0 fully saturated rings. The number of hydrogen-bond donors (Lipinski definition) is 1. The van der Waals surface area contributed by atoms with E-state index in [9.17, 15) is 9.59 Å². The van der Waals surface area contributed by atoms with E-state index in [1.807, 2.05) is 52.0 Å². The normalized spacial score (nSPS) is 19.9. The summed E-state index contributed by atoms with van der Waals surface area (Å²) in [6, 6.07) is 11.0. The van der Waals surface area contributed by atoms with E-state index in [0.717, 1.165) is 11.4 Å². The largest absolute Gasteiger partial charge is 0.357 e. The lowest BCUT2D eigenvalue weighted by Crippen LogP contribution is -2.40. The highest BCUT2D eigenvalue weighted by molar-refractivity contribution is 6.31. The number of ketones is 1. The van der Waals surface area contributed by atoms with Crippen molar-refractivity contribution in [2.75, 3.05) is 10.2 Å². The van der Waals surface area contributed by atoms with Crippen molar-refractivity contribution in [1.29, 1.82) is 0 Å². The van der Waals surface area contributed by atoms with Crippen molar-refractivity contribution in [2.45, 2.75) is 53.0 Å². The Kier molecular flexibility index (Phi) is 5.89. The number of carbonyl (C=O) groups is 2. The Morgan fingerprint density at radius 1 is 1.19 bits per heavy atom. The lowest BCUT2D eigenvalue weighted by Gasteiger charge is -2.37. The average molecular weight is 455 g/mol. The van der Waals surface area contributed by atoms with Crippen LogP contribution in [0.15, 0.2) is 53.7 Å². The number of hydrogen-bond acceptors (Lipinski definition) is 3. The number of carbonyl (C=O) groups excluding carboxylic acids is 2. The van der Waals surface area contributed by atoms with E-state index in [2.05, 4.69) is 5.32 Å². The van der Waals surface area contributed by atoms with Gasteiger partial charge < -0.3 is 5.32 Å². The van der Waals surface area contributed by atoms with Crippen molar-refractivity contribution in [2.24, 2.45) is 11.3 Å². The van der Waals surface area contributed by atoms with Crippen molar-refractivity contribution >= 4 is 34.7 Å². The van der Waals surface area contributed by atoms with E-state index >= 15 is 4.39 Å². The zero-order chi connectivity index (χ0) is 23.2. The fourth-order valence-corrected chi connectivity index (χ4v) is 5.02. The highest BCUT2D eigenvalue weighted by Gasteiger charge is 2.44. The first kappa shape index (κ1) is 22.5. The van der Waals surface area contributed by atoms with E-state index in [1.54, 1.807) is 11.0 Å². The van der Waals surface area contributed by atoms with Gasteiger partial charge in [0.05, 0.1) is 17.4 Å². The molecule has 2 aromatic carbocycles. The molecule has 0 saturated carbocycles. The number of para-hydroxylation sites is 2. The van der Waals surface area contributed by atoms with Gasteiger partial charge in [-0.25, -0.2) is 4.39 Å². The summed E-state index contributed by atoms with van der Waals surface area (Å²) in [4.78, 5) is 28.8. The molecule has 1 amide bonds. The molecule has 0 radical (unpaired) electrons. The van der Waals surface area contributed by atoms with Crippen LogP contribution >= 0.6 is 11.6 Å². The van der Waals surface area contributed by atoms with Gasteiger partial charge in [0.25, 0.3) is 0 Å². The fraction of sp³-hybridized carbons (Fsp3) is 0.385. The zero-order valence-electron chi connectivity index (χ0n) is 18.8. The maximum Gasteiger partial charge on any atom is 0.228 e. The number of amides is 1. The van der Waals surface area contributed by atoms with Crippen LogP contribution in [0.5, 0.6) is 0 Å². The van der Waals surface area contributed by atoms with Crippen LogP contribution in [0, 0.1) is 17.2 Å². The molecule has 0 bridgehead atoms. The molecule has 4 rings (SSSR count). The molecular formula is C26H28ClFN2O2. The van der Waals surface area contributed by atoms with E-state index in [1.165, 1.54) is 12.1 Å². The molecular weight excluding hydrogens is 427 g/mol. The minimum atomic E-state index is -0.940. The summed E-state index contributed by atoms with van der Waals surface area (Å²) in [6.45, 7) is 8.01. The molecule has 168 valence electrons. The van der Waals surface area contributed by atoms with E-state index in [-0.39, 0.29) is 40.0 Å². The van der Waals surface area contributed by atoms with Gasteiger partial charge in [-0.1, -0.05) is 57.5 Å². The first-order chi connectivity index (χ1) is 15.1. The number of nitrogens with zero attached hydrogens (tertiary/aromatic N) is 1. The van der Waals surface area contributed by atoms with Gasteiger partial charge in [0.1, 0.15) is 5.82 Å². The van der Waals surface area contributed by atoms with E-state index in [0.29, 0.717) is 24.1 Å². The second-order valence-electron chi connectivity index (χ2n) is 9.87. The number of halogens is 2. The number of Topliss-reactive ketones (excluding diaryl/α,β-unsaturated/α-hetero) is 1. The van der Waals surface area contributed by atoms with Crippen LogP contribution < -0.4 is 10.2 Å². The molecule has 1 heterocycles. The number of anilines is 2. The van der Waals surface area contributed by atoms with Crippen LogP contribution in [0.25, 0.3) is 0 Å². The summed E-state index contributed by atoms with van der Waals surface area (Å²) < 4.78 is 15.3. The van der Waals surface area contributed by atoms with Crippen LogP contribution in [0.3, 0.4) is 0 Å². The molecule has 2 aliphatic rings. The number of benzene rings is 2. The average Bonchev–Trinajstić information content (AvgIpc) is 2.80. The summed E-state index contributed by atoms with van der Waals surface area (Å²) >= 11 is 6.52. The van der Waals surface area contributed by atoms with Gasteiger partial charge in [0.2, 0.25) is 5.91 Å². The first-order valence-electron chi connectivity index (χ1n) is 11.0. The van der Waals surface area contributed by atoms with Gasteiger partial charge in [-0.05, 0) is 42.0 Å². The lowest BCUT2D eigenvalue weighted by atomic mass is 9.73. The Morgan fingerprint density at radius 2 is 1.91 bits per heavy atom. The van der Waals surface area contributed by atoms with Crippen LogP contribution in [0.1, 0.15) is 58.6 Å². The number of allylic oxidation sites excluding steroid dienone is 1. The molecule has 0 spiro atoms. The number of nitrogens with one attached hydrogen (secondary N) is 1. The monoisotopic (exact) mass is 454 g/mol. The summed E-state index contributed by atoms with van der Waals surface area (Å²) in [7, 11) is 0. The highest BCUT2D eigenvalue weighted by atomic mass is 35.5. The summed E-state index contributed by atoms with van der Waals surface area (Å²) in [5.74, 6) is -0.709. The van der Waals surface area contributed by atoms with Crippen LogP contribution in [0.2, 0.25) is 5.02 Å². The van der Waals surface area contributed by atoms with Crippen molar-refractivity contribution in [1.82, 2.24) is 0 Å². The summed E-state index contributed by atoms with van der Waals surface area (Å²) in [5, 5.41) is 3.62. The predicted octanol–water partition coefficient (Wildman–Crippen LogP) is 6.67. The number of rotatable bonds is 3. The second-order valence-corrected chi connectivity index (χ2v) is 10.3. The van der Waals surface area contributed by atoms with Gasteiger partial charge in [-0.15, -0.1) is 0 Å².